The van der Waals surface area contributed by atoms with Crippen LogP contribution in [0.25, 0.3) is 11.0 Å². The van der Waals surface area contributed by atoms with Crippen LogP contribution in [0.2, 0.25) is 0 Å². The summed E-state index contributed by atoms with van der Waals surface area (Å²) in [4.78, 5) is 19.5. The Morgan fingerprint density at radius 2 is 1.92 bits per heavy atom. The first-order valence-electron chi connectivity index (χ1n) is 8.92. The number of nitrogens with zero attached hydrogens (tertiary/aromatic N) is 3. The summed E-state index contributed by atoms with van der Waals surface area (Å²) in [5.74, 6) is 1.36. The molecule has 0 bridgehead atoms. The highest BCUT2D eigenvalue weighted by atomic mass is 16.2. The molecule has 1 aromatic heterocycles. The van der Waals surface area contributed by atoms with Gasteiger partial charge in [0, 0.05) is 31.1 Å². The van der Waals surface area contributed by atoms with Crippen LogP contribution >= 0.6 is 0 Å². The third-order valence-electron chi connectivity index (χ3n) is 5.36. The number of amides is 1. The average molecular weight is 333 g/mol. The molecule has 2 heterocycles. The smallest absolute Gasteiger partial charge is 0.227 e. The van der Waals surface area contributed by atoms with Gasteiger partial charge in [0.2, 0.25) is 5.91 Å². The molecule has 0 N–H and O–H groups in total. The first kappa shape index (κ1) is 15.9. The zero-order valence-electron chi connectivity index (χ0n) is 15.0. The number of hydrogen-bond acceptors (Lipinski definition) is 2. The van der Waals surface area contributed by atoms with Gasteiger partial charge in [0.1, 0.15) is 5.82 Å². The van der Waals surface area contributed by atoms with E-state index in [0.29, 0.717) is 13.0 Å². The minimum absolute atomic E-state index is 0.139. The number of aryl methyl sites for hydroxylation is 2. The molecule has 4 nitrogen and oxygen atoms in total. The normalized spacial score (nSPS) is 17.6. The second kappa shape index (κ2) is 6.03. The summed E-state index contributed by atoms with van der Waals surface area (Å²) in [7, 11) is 0. The van der Waals surface area contributed by atoms with Crippen molar-refractivity contribution in [2.45, 2.75) is 39.7 Å². The van der Waals surface area contributed by atoms with E-state index in [9.17, 15) is 4.79 Å². The zero-order valence-corrected chi connectivity index (χ0v) is 15.0. The van der Waals surface area contributed by atoms with Crippen molar-refractivity contribution in [3.63, 3.8) is 0 Å². The number of carbonyl (C=O) groups excluding carboxylic acids is 1. The Morgan fingerprint density at radius 3 is 2.72 bits per heavy atom. The molecule has 0 saturated carbocycles. The van der Waals surface area contributed by atoms with Crippen molar-refractivity contribution in [3.8, 4) is 0 Å². The number of imidazole rings is 1. The van der Waals surface area contributed by atoms with Gasteiger partial charge in [-0.3, -0.25) is 4.79 Å². The standard InChI is InChI=1S/C21H23N3O/c1-4-23-19-10-6-5-9-17(19)22-21(23)16-12-20(25)24(13-16)18-11-7-8-14(2)15(18)3/h5-11,16H,4,12-13H2,1-3H3. The van der Waals surface area contributed by atoms with Crippen LogP contribution in [0.1, 0.15) is 36.2 Å². The van der Waals surface area contributed by atoms with Gasteiger partial charge in [-0.2, -0.15) is 0 Å². The molecule has 1 saturated heterocycles. The summed E-state index contributed by atoms with van der Waals surface area (Å²) in [6.45, 7) is 7.88. The summed E-state index contributed by atoms with van der Waals surface area (Å²) >= 11 is 0. The summed E-state index contributed by atoms with van der Waals surface area (Å²) in [5.41, 5.74) is 5.59. The highest BCUT2D eigenvalue weighted by Gasteiger charge is 2.35. The molecule has 1 amide bonds. The lowest BCUT2D eigenvalue weighted by Gasteiger charge is -2.20. The third kappa shape index (κ3) is 2.53. The molecule has 1 aliphatic heterocycles. The van der Waals surface area contributed by atoms with E-state index in [-0.39, 0.29) is 11.8 Å². The number of carbonyl (C=O) groups is 1. The minimum Gasteiger partial charge on any atom is -0.328 e. The van der Waals surface area contributed by atoms with Gasteiger partial charge in [-0.1, -0.05) is 24.3 Å². The van der Waals surface area contributed by atoms with Crippen LogP contribution < -0.4 is 4.90 Å². The largest absolute Gasteiger partial charge is 0.328 e. The predicted molar refractivity (Wildman–Crippen MR) is 101 cm³/mol. The monoisotopic (exact) mass is 333 g/mol. The fraction of sp³-hybridized carbons (Fsp3) is 0.333. The van der Waals surface area contributed by atoms with Gasteiger partial charge in [-0.05, 0) is 50.1 Å². The lowest BCUT2D eigenvalue weighted by Crippen LogP contribution is -2.25. The van der Waals surface area contributed by atoms with E-state index in [1.54, 1.807) is 0 Å². The maximum Gasteiger partial charge on any atom is 0.227 e. The molecule has 0 aliphatic carbocycles. The third-order valence-corrected chi connectivity index (χ3v) is 5.36. The van der Waals surface area contributed by atoms with Gasteiger partial charge in [-0.15, -0.1) is 0 Å². The maximum absolute atomic E-state index is 12.7. The molecular formula is C21H23N3O. The van der Waals surface area contributed by atoms with E-state index >= 15 is 0 Å². The van der Waals surface area contributed by atoms with Crippen molar-refractivity contribution in [2.24, 2.45) is 0 Å². The quantitative estimate of drug-likeness (QED) is 0.721. The van der Waals surface area contributed by atoms with E-state index in [1.165, 1.54) is 11.1 Å². The Labute approximate surface area is 148 Å². The number of benzene rings is 2. The molecule has 2 aromatic carbocycles. The molecule has 1 fully saturated rings. The number of rotatable bonds is 3. The highest BCUT2D eigenvalue weighted by Crippen LogP contribution is 2.35. The van der Waals surface area contributed by atoms with Gasteiger partial charge in [0.25, 0.3) is 0 Å². The van der Waals surface area contributed by atoms with Crippen molar-refractivity contribution in [2.75, 3.05) is 11.4 Å². The van der Waals surface area contributed by atoms with Crippen LogP contribution in [-0.4, -0.2) is 22.0 Å². The Balaban J connectivity index is 1.72. The second-order valence-corrected chi connectivity index (χ2v) is 6.83. The SMILES string of the molecule is CCn1c(C2CC(=O)N(c3cccc(C)c3C)C2)nc2ccccc21. The molecule has 1 atom stereocenters. The van der Waals surface area contributed by atoms with Crippen LogP contribution in [0, 0.1) is 13.8 Å². The molecule has 0 spiro atoms. The van der Waals surface area contributed by atoms with Gasteiger partial charge in [-0.25, -0.2) is 4.98 Å². The van der Waals surface area contributed by atoms with E-state index in [4.69, 9.17) is 4.98 Å². The van der Waals surface area contributed by atoms with Crippen LogP contribution in [-0.2, 0) is 11.3 Å². The Kier molecular flexibility index (Phi) is 3.83. The van der Waals surface area contributed by atoms with Crippen LogP contribution in [0.5, 0.6) is 0 Å². The number of aromatic nitrogens is 2. The van der Waals surface area contributed by atoms with Crippen molar-refractivity contribution >= 4 is 22.6 Å². The molecule has 128 valence electrons. The van der Waals surface area contributed by atoms with Crippen molar-refractivity contribution in [1.82, 2.24) is 9.55 Å². The fourth-order valence-corrected chi connectivity index (χ4v) is 3.88. The van der Waals surface area contributed by atoms with Crippen molar-refractivity contribution in [3.05, 3.63) is 59.4 Å². The van der Waals surface area contributed by atoms with Gasteiger partial charge in [0.05, 0.1) is 11.0 Å². The highest BCUT2D eigenvalue weighted by molar-refractivity contribution is 5.97. The Bertz CT molecular complexity index is 957. The molecular weight excluding hydrogens is 310 g/mol. The number of fused-ring (bicyclic) bond motifs is 1. The average Bonchev–Trinajstić information content (AvgIpc) is 3.17. The van der Waals surface area contributed by atoms with Crippen LogP contribution in [0.4, 0.5) is 5.69 Å². The fourth-order valence-electron chi connectivity index (χ4n) is 3.88. The zero-order chi connectivity index (χ0) is 17.6. The van der Waals surface area contributed by atoms with Gasteiger partial charge >= 0.3 is 0 Å². The Morgan fingerprint density at radius 1 is 1.12 bits per heavy atom. The topological polar surface area (TPSA) is 38.1 Å². The summed E-state index contributed by atoms with van der Waals surface area (Å²) in [6, 6.07) is 14.4. The van der Waals surface area contributed by atoms with Crippen molar-refractivity contribution in [1.29, 1.82) is 0 Å². The van der Waals surface area contributed by atoms with E-state index in [2.05, 4.69) is 37.5 Å². The van der Waals surface area contributed by atoms with Crippen molar-refractivity contribution < 1.29 is 4.79 Å². The summed E-state index contributed by atoms with van der Waals surface area (Å²) in [6.07, 6.45) is 0.525. The van der Waals surface area contributed by atoms with E-state index in [1.807, 2.05) is 35.2 Å². The lowest BCUT2D eigenvalue weighted by molar-refractivity contribution is -0.117. The number of hydrogen-bond donors (Lipinski definition) is 0. The summed E-state index contributed by atoms with van der Waals surface area (Å²) in [5, 5.41) is 0. The maximum atomic E-state index is 12.7. The molecule has 1 aliphatic rings. The minimum atomic E-state index is 0.139. The number of anilines is 1. The van der Waals surface area contributed by atoms with Gasteiger partial charge in [0.15, 0.2) is 0 Å². The van der Waals surface area contributed by atoms with E-state index in [0.717, 1.165) is 29.1 Å². The second-order valence-electron chi connectivity index (χ2n) is 6.83. The molecule has 4 rings (SSSR count). The Hall–Kier alpha value is -2.62. The summed E-state index contributed by atoms with van der Waals surface area (Å²) < 4.78 is 2.25. The molecule has 0 radical (unpaired) electrons. The van der Waals surface area contributed by atoms with Gasteiger partial charge < -0.3 is 9.47 Å². The first-order chi connectivity index (χ1) is 12.1. The van der Waals surface area contributed by atoms with Crippen LogP contribution in [0.15, 0.2) is 42.5 Å². The molecule has 4 heteroatoms. The molecule has 1 unspecified atom stereocenters. The first-order valence-corrected chi connectivity index (χ1v) is 8.92. The van der Waals surface area contributed by atoms with E-state index < -0.39 is 0 Å². The van der Waals surface area contributed by atoms with Crippen LogP contribution in [0.3, 0.4) is 0 Å². The number of para-hydroxylation sites is 2. The molecule has 3 aromatic rings. The predicted octanol–water partition coefficient (Wildman–Crippen LogP) is 4.19. The lowest BCUT2D eigenvalue weighted by atomic mass is 10.1. The molecule has 25 heavy (non-hydrogen) atoms.